The van der Waals surface area contributed by atoms with Crippen LogP contribution in [0.25, 0.3) is 17.0 Å². The van der Waals surface area contributed by atoms with E-state index in [1.165, 1.54) is 12.3 Å². The van der Waals surface area contributed by atoms with E-state index in [1.54, 1.807) is 16.9 Å². The van der Waals surface area contributed by atoms with Gasteiger partial charge in [0.2, 0.25) is 0 Å². The molecule has 0 fully saturated rings. The van der Waals surface area contributed by atoms with Crippen LogP contribution in [0.15, 0.2) is 49.1 Å². The zero-order valence-electron chi connectivity index (χ0n) is 16.1. The summed E-state index contributed by atoms with van der Waals surface area (Å²) < 4.78 is 15.4. The topological polar surface area (TPSA) is 107 Å². The van der Waals surface area contributed by atoms with Gasteiger partial charge in [-0.2, -0.15) is 9.61 Å². The van der Waals surface area contributed by atoms with Crippen LogP contribution in [0.4, 0.5) is 10.2 Å². The van der Waals surface area contributed by atoms with Gasteiger partial charge in [-0.05, 0) is 24.1 Å². The molecule has 0 bridgehead atoms. The van der Waals surface area contributed by atoms with Crippen molar-refractivity contribution >= 4 is 11.5 Å². The molecule has 0 aromatic carbocycles. The predicted molar refractivity (Wildman–Crippen MR) is 108 cm³/mol. The Morgan fingerprint density at radius 2 is 2.03 bits per heavy atom. The number of nitrogens with one attached hydrogen (secondary N) is 1. The molecule has 0 saturated heterocycles. The van der Waals surface area contributed by atoms with E-state index in [9.17, 15) is 4.39 Å². The van der Waals surface area contributed by atoms with Gasteiger partial charge in [-0.3, -0.25) is 4.98 Å². The maximum absolute atomic E-state index is 13.8. The molecule has 3 N–H and O–H groups in total. The third-order valence-corrected chi connectivity index (χ3v) is 4.54. The first-order valence-corrected chi connectivity index (χ1v) is 9.31. The molecule has 4 rings (SSSR count). The van der Waals surface area contributed by atoms with Crippen LogP contribution in [0.3, 0.4) is 0 Å². The zero-order valence-corrected chi connectivity index (χ0v) is 16.1. The molecule has 1 atom stereocenters. The highest BCUT2D eigenvalue weighted by molar-refractivity contribution is 5.59. The lowest BCUT2D eigenvalue weighted by Gasteiger charge is -2.18. The minimum Gasteiger partial charge on any atom is -0.359 e. The highest BCUT2D eigenvalue weighted by Crippen LogP contribution is 2.25. The summed E-state index contributed by atoms with van der Waals surface area (Å²) in [4.78, 5) is 17.5. The predicted octanol–water partition coefficient (Wildman–Crippen LogP) is 2.96. The molecule has 4 aromatic heterocycles. The molecule has 29 heavy (non-hydrogen) atoms. The van der Waals surface area contributed by atoms with Crippen molar-refractivity contribution in [3.05, 3.63) is 66.3 Å². The number of aromatic nitrogens is 6. The molecular formula is C20H21FN8. The normalized spacial score (nSPS) is 12.4. The number of nitrogens with zero attached hydrogens (tertiary/aromatic N) is 6. The summed E-state index contributed by atoms with van der Waals surface area (Å²) in [6, 6.07) is 6.55. The lowest BCUT2D eigenvalue weighted by atomic mass is 10.1. The SMILES string of the molecule is CC(C)c1cnn2c(C(CN)Nc3ccccn3)nc(-c3cncc(F)c3)nc12. The minimum atomic E-state index is -0.452. The fraction of sp³-hybridized carbons (Fsp3) is 0.250. The van der Waals surface area contributed by atoms with E-state index in [0.29, 0.717) is 28.7 Å². The lowest BCUT2D eigenvalue weighted by molar-refractivity contribution is 0.621. The third-order valence-electron chi connectivity index (χ3n) is 4.54. The monoisotopic (exact) mass is 392 g/mol. The molecule has 1 unspecified atom stereocenters. The van der Waals surface area contributed by atoms with Crippen molar-refractivity contribution in [1.29, 1.82) is 0 Å². The smallest absolute Gasteiger partial charge is 0.165 e. The Morgan fingerprint density at radius 3 is 2.72 bits per heavy atom. The van der Waals surface area contributed by atoms with Gasteiger partial charge in [-0.1, -0.05) is 19.9 Å². The van der Waals surface area contributed by atoms with E-state index in [1.807, 2.05) is 18.2 Å². The largest absolute Gasteiger partial charge is 0.359 e. The molecular weight excluding hydrogens is 371 g/mol. The third kappa shape index (κ3) is 3.77. The van der Waals surface area contributed by atoms with Crippen molar-refractivity contribution in [2.24, 2.45) is 5.73 Å². The Kier molecular flexibility index (Phi) is 5.13. The van der Waals surface area contributed by atoms with Gasteiger partial charge >= 0.3 is 0 Å². The first kappa shape index (κ1) is 18.9. The maximum atomic E-state index is 13.8. The summed E-state index contributed by atoms with van der Waals surface area (Å²) in [7, 11) is 0. The average Bonchev–Trinajstić information content (AvgIpc) is 3.16. The molecule has 0 radical (unpaired) electrons. The summed E-state index contributed by atoms with van der Waals surface area (Å²) in [5.41, 5.74) is 8.17. The second-order valence-corrected chi connectivity index (χ2v) is 6.93. The van der Waals surface area contributed by atoms with E-state index in [0.717, 1.165) is 11.8 Å². The fourth-order valence-electron chi connectivity index (χ4n) is 3.07. The zero-order chi connectivity index (χ0) is 20.4. The van der Waals surface area contributed by atoms with Gasteiger partial charge in [-0.15, -0.1) is 0 Å². The highest BCUT2D eigenvalue weighted by atomic mass is 19.1. The van der Waals surface area contributed by atoms with Gasteiger partial charge in [0.1, 0.15) is 17.7 Å². The van der Waals surface area contributed by atoms with Crippen molar-refractivity contribution in [3.63, 3.8) is 0 Å². The number of anilines is 1. The second kappa shape index (κ2) is 7.88. The first-order valence-electron chi connectivity index (χ1n) is 9.31. The molecule has 0 aliphatic carbocycles. The summed E-state index contributed by atoms with van der Waals surface area (Å²) in [6.45, 7) is 4.38. The van der Waals surface area contributed by atoms with Crippen LogP contribution >= 0.6 is 0 Å². The number of hydrogen-bond acceptors (Lipinski definition) is 7. The molecule has 8 nitrogen and oxygen atoms in total. The minimum absolute atomic E-state index is 0.203. The van der Waals surface area contributed by atoms with Crippen molar-refractivity contribution in [3.8, 4) is 11.4 Å². The van der Waals surface area contributed by atoms with Crippen LogP contribution in [-0.2, 0) is 0 Å². The Hall–Kier alpha value is -3.46. The van der Waals surface area contributed by atoms with Crippen LogP contribution in [0, 0.1) is 5.82 Å². The molecule has 0 saturated carbocycles. The number of nitrogens with two attached hydrogens (primary N) is 1. The number of hydrogen-bond donors (Lipinski definition) is 2. The van der Waals surface area contributed by atoms with Crippen molar-refractivity contribution in [1.82, 2.24) is 29.5 Å². The van der Waals surface area contributed by atoms with Crippen LogP contribution < -0.4 is 11.1 Å². The lowest BCUT2D eigenvalue weighted by Crippen LogP contribution is -2.25. The molecule has 4 aromatic rings. The van der Waals surface area contributed by atoms with E-state index in [-0.39, 0.29) is 18.5 Å². The van der Waals surface area contributed by atoms with Gasteiger partial charge in [0, 0.05) is 30.1 Å². The maximum Gasteiger partial charge on any atom is 0.165 e. The van der Waals surface area contributed by atoms with Gasteiger partial charge in [-0.25, -0.2) is 19.3 Å². The van der Waals surface area contributed by atoms with Crippen molar-refractivity contribution < 1.29 is 4.39 Å². The fourth-order valence-corrected chi connectivity index (χ4v) is 3.07. The van der Waals surface area contributed by atoms with Crippen LogP contribution in [-0.4, -0.2) is 36.1 Å². The molecule has 0 aliphatic rings. The number of fused-ring (bicyclic) bond motifs is 1. The molecule has 0 aliphatic heterocycles. The van der Waals surface area contributed by atoms with Gasteiger partial charge in [0.05, 0.1) is 12.4 Å². The van der Waals surface area contributed by atoms with E-state index in [4.69, 9.17) is 5.73 Å². The van der Waals surface area contributed by atoms with Crippen molar-refractivity contribution in [2.45, 2.75) is 25.8 Å². The number of pyridine rings is 2. The highest BCUT2D eigenvalue weighted by Gasteiger charge is 2.22. The molecule has 0 amide bonds. The van der Waals surface area contributed by atoms with Crippen LogP contribution in [0.1, 0.15) is 37.2 Å². The summed E-state index contributed by atoms with van der Waals surface area (Å²) in [6.07, 6.45) is 6.15. The Morgan fingerprint density at radius 1 is 1.17 bits per heavy atom. The van der Waals surface area contributed by atoms with E-state index >= 15 is 0 Å². The number of halogens is 1. The summed E-state index contributed by atoms with van der Waals surface area (Å²) in [5.74, 6) is 1.35. The Bertz CT molecular complexity index is 1130. The van der Waals surface area contributed by atoms with Crippen molar-refractivity contribution in [2.75, 3.05) is 11.9 Å². The molecule has 148 valence electrons. The van der Waals surface area contributed by atoms with Gasteiger partial charge < -0.3 is 11.1 Å². The Labute approximate surface area is 167 Å². The van der Waals surface area contributed by atoms with Gasteiger partial charge in [0.15, 0.2) is 17.3 Å². The molecule has 4 heterocycles. The molecule has 0 spiro atoms. The van der Waals surface area contributed by atoms with E-state index < -0.39 is 5.82 Å². The van der Waals surface area contributed by atoms with Gasteiger partial charge in [0.25, 0.3) is 0 Å². The van der Waals surface area contributed by atoms with E-state index in [2.05, 4.69) is 44.2 Å². The second-order valence-electron chi connectivity index (χ2n) is 6.93. The average molecular weight is 392 g/mol. The summed E-state index contributed by atoms with van der Waals surface area (Å²) >= 11 is 0. The first-order chi connectivity index (χ1) is 14.1. The Balaban J connectivity index is 1.89. The quantitative estimate of drug-likeness (QED) is 0.519. The van der Waals surface area contributed by atoms with Crippen LogP contribution in [0.2, 0.25) is 0 Å². The number of rotatable bonds is 6. The summed E-state index contributed by atoms with van der Waals surface area (Å²) in [5, 5.41) is 7.78. The van der Waals surface area contributed by atoms with Crippen LogP contribution in [0.5, 0.6) is 0 Å². The standard InChI is InChI=1S/C20H21FN8/c1-12(2)15-11-25-29-19(15)27-18(13-7-14(21)10-23-9-13)28-20(29)16(8-22)26-17-5-3-4-6-24-17/h3-7,9-12,16H,8,22H2,1-2H3,(H,24,26). The molecule has 9 heteroatoms.